The average Bonchev–Trinajstić information content (AvgIpc) is 2.79. The van der Waals surface area contributed by atoms with Gasteiger partial charge in [-0.2, -0.15) is 13.2 Å². The monoisotopic (exact) mass is 474 g/mol. The minimum atomic E-state index is -4.93. The van der Waals surface area contributed by atoms with Crippen LogP contribution in [0.25, 0.3) is 6.08 Å². The Morgan fingerprint density at radius 1 is 1.06 bits per heavy atom. The van der Waals surface area contributed by atoms with E-state index in [1.807, 2.05) is 0 Å². The third-order valence-electron chi connectivity index (χ3n) is 4.54. The molecule has 1 heterocycles. The van der Waals surface area contributed by atoms with Gasteiger partial charge in [0.05, 0.1) is 4.92 Å². The normalized spacial score (nSPS) is 14.4. The summed E-state index contributed by atoms with van der Waals surface area (Å²) in [5.41, 5.74) is 5.25. The van der Waals surface area contributed by atoms with Crippen molar-refractivity contribution >= 4 is 18.0 Å². The maximum absolute atomic E-state index is 13.1. The predicted molar refractivity (Wildman–Crippen MR) is 114 cm³/mol. The van der Waals surface area contributed by atoms with Crippen LogP contribution in [0.3, 0.4) is 0 Å². The highest BCUT2D eigenvalue weighted by Gasteiger charge is 2.51. The second-order valence-corrected chi connectivity index (χ2v) is 6.99. The molecule has 2 aromatic carbocycles. The summed E-state index contributed by atoms with van der Waals surface area (Å²) in [5, 5.41) is 16.0. The smallest absolute Gasteiger partial charge is 0.436 e. The number of amides is 3. The number of carbonyl (C=O) groups excluding carboxylic acids is 2. The third-order valence-corrected chi connectivity index (χ3v) is 4.54. The molecule has 3 amide bonds. The van der Waals surface area contributed by atoms with E-state index < -0.39 is 28.9 Å². The van der Waals surface area contributed by atoms with Crippen LogP contribution in [-0.2, 0) is 0 Å². The van der Waals surface area contributed by atoms with Crippen molar-refractivity contribution in [2.45, 2.75) is 12.3 Å². The molecule has 2 aromatic rings. The van der Waals surface area contributed by atoms with Crippen molar-refractivity contribution in [3.05, 3.63) is 80.5 Å². The lowest BCUT2D eigenvalue weighted by molar-refractivity contribution is -0.443. The molecule has 9 nitrogen and oxygen atoms in total. The molecule has 1 unspecified atom stereocenters. The lowest BCUT2D eigenvalue weighted by Crippen LogP contribution is -2.40. The molecule has 0 aromatic heterocycles. The van der Waals surface area contributed by atoms with Crippen LogP contribution in [0.5, 0.6) is 5.75 Å². The molecule has 0 saturated heterocycles. The van der Waals surface area contributed by atoms with Crippen molar-refractivity contribution in [3.8, 4) is 17.6 Å². The summed E-state index contributed by atoms with van der Waals surface area (Å²) in [6.07, 6.45) is -6.75. The number of nitrogens with two attached hydrogens (primary N) is 1. The van der Waals surface area contributed by atoms with E-state index in [9.17, 15) is 32.9 Å². The maximum atomic E-state index is 13.1. The molecule has 0 radical (unpaired) electrons. The third kappa shape index (κ3) is 6.04. The van der Waals surface area contributed by atoms with Gasteiger partial charge < -0.3 is 21.1 Å². The standard InChI is InChI=1S/C22H17F3N4O5/c23-22(24,25)19-17(29(32)33)12-16-11-14(5-8-18(16)34-19)2-1-13-3-6-15(7-4-13)20(30)27-9-10-28-21(26)31/h3-8,11-12,19H,9-10H2,(H,27,30)(H3,26,28,31). The quantitative estimate of drug-likeness (QED) is 0.265. The molecule has 1 aliphatic heterocycles. The number of nitro groups is 1. The molecule has 0 spiro atoms. The highest BCUT2D eigenvalue weighted by Crippen LogP contribution is 2.37. The van der Waals surface area contributed by atoms with Crippen molar-refractivity contribution in [2.75, 3.05) is 13.1 Å². The molecular formula is C22H17F3N4O5. The van der Waals surface area contributed by atoms with Gasteiger partial charge in [0, 0.05) is 41.4 Å². The zero-order chi connectivity index (χ0) is 24.9. The number of carbonyl (C=O) groups is 2. The number of nitrogens with one attached hydrogen (secondary N) is 2. The van der Waals surface area contributed by atoms with Crippen LogP contribution in [0.4, 0.5) is 18.0 Å². The topological polar surface area (TPSA) is 137 Å². The fourth-order valence-electron chi connectivity index (χ4n) is 2.96. The molecule has 0 aliphatic carbocycles. The van der Waals surface area contributed by atoms with Crippen molar-refractivity contribution in [1.82, 2.24) is 10.6 Å². The van der Waals surface area contributed by atoms with Crippen LogP contribution in [0.1, 0.15) is 27.0 Å². The van der Waals surface area contributed by atoms with Gasteiger partial charge in [0.25, 0.3) is 17.7 Å². The highest BCUT2D eigenvalue weighted by atomic mass is 19.4. The van der Waals surface area contributed by atoms with Crippen molar-refractivity contribution in [2.24, 2.45) is 5.73 Å². The first kappa shape index (κ1) is 24.1. The predicted octanol–water partition coefficient (Wildman–Crippen LogP) is 2.43. The SMILES string of the molecule is NC(=O)NCCNC(=O)c1ccc(C#Cc2ccc3c(c2)C=C([N+](=O)[O-])C(C(F)(F)F)O3)cc1. The fraction of sp³-hybridized carbons (Fsp3) is 0.182. The number of halogens is 3. The van der Waals surface area contributed by atoms with Crippen LogP contribution in [0, 0.1) is 22.0 Å². The lowest BCUT2D eigenvalue weighted by atomic mass is 10.0. The summed E-state index contributed by atoms with van der Waals surface area (Å²) in [5.74, 6) is 5.17. The number of hydrogen-bond donors (Lipinski definition) is 3. The number of alkyl halides is 3. The second-order valence-electron chi connectivity index (χ2n) is 6.99. The molecule has 0 fully saturated rings. The summed E-state index contributed by atoms with van der Waals surface area (Å²) in [7, 11) is 0. The Balaban J connectivity index is 1.71. The summed E-state index contributed by atoms with van der Waals surface area (Å²) in [6.45, 7) is 0.382. The molecule has 0 saturated carbocycles. The van der Waals surface area contributed by atoms with Crippen molar-refractivity contribution in [1.29, 1.82) is 0 Å². The summed E-state index contributed by atoms with van der Waals surface area (Å²) in [6, 6.07) is 9.70. The van der Waals surface area contributed by atoms with Crippen molar-refractivity contribution in [3.63, 3.8) is 0 Å². The van der Waals surface area contributed by atoms with Gasteiger partial charge in [0.1, 0.15) is 5.75 Å². The van der Waals surface area contributed by atoms with Crippen LogP contribution in [0.2, 0.25) is 0 Å². The first-order valence-corrected chi connectivity index (χ1v) is 9.71. The van der Waals surface area contributed by atoms with Crippen LogP contribution in [0.15, 0.2) is 48.2 Å². The highest BCUT2D eigenvalue weighted by molar-refractivity contribution is 5.94. The van der Waals surface area contributed by atoms with Gasteiger partial charge in [-0.25, -0.2) is 4.79 Å². The molecule has 1 atom stereocenters. The molecule has 1 aliphatic rings. The van der Waals surface area contributed by atoms with Gasteiger partial charge in [-0.15, -0.1) is 0 Å². The largest absolute Gasteiger partial charge is 0.469 e. The summed E-state index contributed by atoms with van der Waals surface area (Å²) < 4.78 is 44.1. The molecule has 12 heteroatoms. The Kier molecular flexibility index (Phi) is 7.06. The first-order chi connectivity index (χ1) is 16.0. The van der Waals surface area contributed by atoms with Crippen LogP contribution in [-0.4, -0.2) is 42.2 Å². The van der Waals surface area contributed by atoms with Gasteiger partial charge in [-0.3, -0.25) is 14.9 Å². The molecule has 4 N–H and O–H groups in total. The zero-order valence-corrected chi connectivity index (χ0v) is 17.3. The summed E-state index contributed by atoms with van der Waals surface area (Å²) in [4.78, 5) is 32.6. The van der Waals surface area contributed by atoms with E-state index in [-0.39, 0.29) is 30.3 Å². The van der Waals surface area contributed by atoms with E-state index in [1.165, 1.54) is 18.2 Å². The molecule has 3 rings (SSSR count). The first-order valence-electron chi connectivity index (χ1n) is 9.71. The minimum absolute atomic E-state index is 0.108. The zero-order valence-electron chi connectivity index (χ0n) is 17.3. The Labute approximate surface area is 190 Å². The number of rotatable bonds is 5. The molecule has 0 bridgehead atoms. The van der Waals surface area contributed by atoms with E-state index >= 15 is 0 Å². The number of nitrogens with zero attached hydrogens (tertiary/aromatic N) is 1. The number of hydrogen-bond acceptors (Lipinski definition) is 5. The van der Waals surface area contributed by atoms with Gasteiger partial charge in [-0.05, 0) is 42.5 Å². The maximum Gasteiger partial charge on any atom is 0.436 e. The Bertz CT molecular complexity index is 1210. The lowest BCUT2D eigenvalue weighted by Gasteiger charge is -2.24. The van der Waals surface area contributed by atoms with Crippen LogP contribution >= 0.6 is 0 Å². The van der Waals surface area contributed by atoms with Gasteiger partial charge in [0.15, 0.2) is 0 Å². The van der Waals surface area contributed by atoms with Gasteiger partial charge in [-0.1, -0.05) is 11.8 Å². The number of ether oxygens (including phenoxy) is 1. The Morgan fingerprint density at radius 3 is 2.29 bits per heavy atom. The number of fused-ring (bicyclic) bond motifs is 1. The van der Waals surface area contributed by atoms with E-state index in [0.29, 0.717) is 16.7 Å². The Hall–Kier alpha value is -4.53. The van der Waals surface area contributed by atoms with E-state index in [2.05, 4.69) is 22.5 Å². The van der Waals surface area contributed by atoms with E-state index in [1.54, 1.807) is 24.3 Å². The number of primary amides is 1. The van der Waals surface area contributed by atoms with E-state index in [4.69, 9.17) is 10.5 Å². The molecule has 176 valence electrons. The molecular weight excluding hydrogens is 457 g/mol. The average molecular weight is 474 g/mol. The number of benzene rings is 2. The second kappa shape index (κ2) is 9.95. The Morgan fingerprint density at radius 2 is 1.68 bits per heavy atom. The number of urea groups is 1. The molecule has 34 heavy (non-hydrogen) atoms. The van der Waals surface area contributed by atoms with Gasteiger partial charge >= 0.3 is 12.2 Å². The van der Waals surface area contributed by atoms with Gasteiger partial charge in [0.2, 0.25) is 0 Å². The van der Waals surface area contributed by atoms with Crippen LogP contribution < -0.4 is 21.1 Å². The minimum Gasteiger partial charge on any atom is -0.469 e. The fourth-order valence-corrected chi connectivity index (χ4v) is 2.96. The summed E-state index contributed by atoms with van der Waals surface area (Å²) >= 11 is 0. The van der Waals surface area contributed by atoms with E-state index in [0.717, 1.165) is 6.08 Å². The van der Waals surface area contributed by atoms with Crippen molar-refractivity contribution < 1.29 is 32.4 Å².